The van der Waals surface area contributed by atoms with Gasteiger partial charge in [-0.15, -0.1) is 0 Å². The Labute approximate surface area is 179 Å². The summed E-state index contributed by atoms with van der Waals surface area (Å²) in [6.07, 6.45) is 7.93. The first kappa shape index (κ1) is 21.3. The Kier molecular flexibility index (Phi) is 5.68. The summed E-state index contributed by atoms with van der Waals surface area (Å²) in [5.41, 5.74) is 4.31. The molecule has 1 saturated heterocycles. The molecule has 2 N–H and O–H groups in total. The first-order valence-electron chi connectivity index (χ1n) is 10.8. The highest BCUT2D eigenvalue weighted by Crippen LogP contribution is 2.55. The number of aryl methyl sites for hydroxylation is 1. The third-order valence-corrected chi connectivity index (χ3v) is 8.28. The minimum absolute atomic E-state index is 0.0666. The number of phenolic OH excluding ortho intramolecular Hbond substituents is 1. The molecule has 2 bridgehead atoms. The summed E-state index contributed by atoms with van der Waals surface area (Å²) >= 11 is 0. The van der Waals surface area contributed by atoms with Crippen LogP contribution in [0.25, 0.3) is 0 Å². The maximum Gasteiger partial charge on any atom is 0.294 e. The van der Waals surface area contributed by atoms with E-state index in [1.54, 1.807) is 12.1 Å². The van der Waals surface area contributed by atoms with Crippen molar-refractivity contribution in [3.8, 4) is 5.75 Å². The first-order chi connectivity index (χ1) is 14.2. The van der Waals surface area contributed by atoms with Crippen molar-refractivity contribution >= 4 is 10.1 Å². The number of phenols is 1. The predicted molar refractivity (Wildman–Crippen MR) is 117 cm³/mol. The molecular formula is C24H31NO4S. The monoisotopic (exact) mass is 429 g/mol. The van der Waals surface area contributed by atoms with E-state index >= 15 is 0 Å². The molecule has 0 radical (unpaired) electrons. The molecule has 3 aliphatic rings. The number of fused-ring (bicyclic) bond motifs is 1. The van der Waals surface area contributed by atoms with Gasteiger partial charge in [-0.3, -0.25) is 4.55 Å². The quantitative estimate of drug-likeness (QED) is 0.660. The van der Waals surface area contributed by atoms with Crippen LogP contribution in [0.15, 0.2) is 47.4 Å². The number of nitrogens with zero attached hydrogens (tertiary/aromatic N) is 1. The molecule has 162 valence electrons. The van der Waals surface area contributed by atoms with Gasteiger partial charge < -0.3 is 10.0 Å². The zero-order valence-electron chi connectivity index (χ0n) is 17.7. The van der Waals surface area contributed by atoms with Gasteiger partial charge in [0.1, 0.15) is 5.75 Å². The van der Waals surface area contributed by atoms with Crippen LogP contribution in [-0.2, 0) is 22.0 Å². The number of rotatable bonds is 1. The molecule has 5 rings (SSSR count). The summed E-state index contributed by atoms with van der Waals surface area (Å²) in [4.78, 5) is 2.52. The average molecular weight is 430 g/mol. The summed E-state index contributed by atoms with van der Waals surface area (Å²) in [6.45, 7) is 3.06. The zero-order valence-corrected chi connectivity index (χ0v) is 18.5. The van der Waals surface area contributed by atoms with Crippen LogP contribution in [0, 0.1) is 12.8 Å². The van der Waals surface area contributed by atoms with Gasteiger partial charge in [0.2, 0.25) is 0 Å². The van der Waals surface area contributed by atoms with Crippen molar-refractivity contribution in [3.63, 3.8) is 0 Å². The normalized spacial score (nSPS) is 28.0. The second-order valence-electron chi connectivity index (χ2n) is 9.14. The molecule has 0 aromatic heterocycles. The topological polar surface area (TPSA) is 77.8 Å². The molecule has 2 aromatic rings. The summed E-state index contributed by atoms with van der Waals surface area (Å²) in [5.74, 6) is 1.27. The standard InChI is InChI=1S/C17H23NO.C7H8O3S/c1-18-9-8-17-7-3-2-4-14(17)16(18)10-12-5-6-13(19)11-15(12)17;1-6-2-4-7(5-3-6)11(8,9)10/h5-6,11,14,16,19H,2-4,7-10H2,1H3;2-5H,1H3,(H,8,9,10)/t14-,16+,17+;/m0./s1. The van der Waals surface area contributed by atoms with Crippen LogP contribution in [-0.4, -0.2) is 42.6 Å². The van der Waals surface area contributed by atoms with Crippen molar-refractivity contribution in [2.45, 2.75) is 61.8 Å². The highest BCUT2D eigenvalue weighted by atomic mass is 32.2. The Hall–Kier alpha value is -1.89. The summed E-state index contributed by atoms with van der Waals surface area (Å²) in [7, 11) is -1.72. The van der Waals surface area contributed by atoms with Gasteiger partial charge in [-0.05, 0) is 87.5 Å². The maximum atomic E-state index is 10.5. The fourth-order valence-electron chi connectivity index (χ4n) is 5.89. The SMILES string of the molecule is CN1CC[C@]23CCCC[C@H]2[C@H]1Cc1ccc(O)cc13.Cc1ccc(S(=O)(=O)O)cc1. The van der Waals surface area contributed by atoms with Crippen LogP contribution in [0.5, 0.6) is 5.75 Å². The molecule has 1 saturated carbocycles. The molecule has 2 aromatic carbocycles. The Bertz CT molecular complexity index is 1020. The number of likely N-dealkylation sites (N-methyl/N-ethyl adjacent to an activating group) is 1. The molecule has 2 fully saturated rings. The molecule has 0 unspecified atom stereocenters. The summed E-state index contributed by atoms with van der Waals surface area (Å²) in [6, 6.07) is 12.8. The third kappa shape index (κ3) is 3.88. The number of piperidine rings is 1. The molecule has 3 atom stereocenters. The molecule has 0 amide bonds. The van der Waals surface area contributed by atoms with Gasteiger partial charge in [0.15, 0.2) is 0 Å². The van der Waals surface area contributed by atoms with Gasteiger partial charge in [0.25, 0.3) is 10.1 Å². The van der Waals surface area contributed by atoms with Crippen LogP contribution in [0.3, 0.4) is 0 Å². The minimum Gasteiger partial charge on any atom is -0.508 e. The fraction of sp³-hybridized carbons (Fsp3) is 0.500. The second kappa shape index (κ2) is 7.98. The van der Waals surface area contributed by atoms with Crippen molar-refractivity contribution < 1.29 is 18.1 Å². The summed E-state index contributed by atoms with van der Waals surface area (Å²) < 4.78 is 29.6. The van der Waals surface area contributed by atoms with Gasteiger partial charge in [-0.25, -0.2) is 0 Å². The Morgan fingerprint density at radius 3 is 2.50 bits per heavy atom. The largest absolute Gasteiger partial charge is 0.508 e. The van der Waals surface area contributed by atoms with Gasteiger partial charge in [-0.1, -0.05) is 36.6 Å². The Morgan fingerprint density at radius 2 is 1.80 bits per heavy atom. The predicted octanol–water partition coefficient (Wildman–Crippen LogP) is 4.32. The van der Waals surface area contributed by atoms with E-state index < -0.39 is 10.1 Å². The second-order valence-corrected chi connectivity index (χ2v) is 10.6. The zero-order chi connectivity index (χ0) is 21.5. The molecule has 1 aliphatic heterocycles. The maximum absolute atomic E-state index is 10.5. The highest BCUT2D eigenvalue weighted by Gasteiger charge is 2.52. The van der Waals surface area contributed by atoms with E-state index in [2.05, 4.69) is 24.1 Å². The molecule has 6 heteroatoms. The minimum atomic E-state index is -4.02. The fourth-order valence-corrected chi connectivity index (χ4v) is 6.37. The van der Waals surface area contributed by atoms with Crippen LogP contribution >= 0.6 is 0 Å². The Balaban J connectivity index is 0.000000170. The molecule has 0 spiro atoms. The van der Waals surface area contributed by atoms with Crippen LogP contribution in [0.4, 0.5) is 0 Å². The van der Waals surface area contributed by atoms with E-state index in [0.717, 1.165) is 17.5 Å². The third-order valence-electron chi connectivity index (χ3n) is 7.42. The lowest BCUT2D eigenvalue weighted by Gasteiger charge is -2.58. The van der Waals surface area contributed by atoms with Crippen molar-refractivity contribution in [1.29, 1.82) is 0 Å². The lowest BCUT2D eigenvalue weighted by atomic mass is 9.52. The van der Waals surface area contributed by atoms with Gasteiger partial charge in [-0.2, -0.15) is 8.42 Å². The molecule has 2 aliphatic carbocycles. The van der Waals surface area contributed by atoms with Gasteiger partial charge in [0.05, 0.1) is 4.90 Å². The smallest absolute Gasteiger partial charge is 0.294 e. The van der Waals surface area contributed by atoms with Gasteiger partial charge >= 0.3 is 0 Å². The van der Waals surface area contributed by atoms with Crippen molar-refractivity contribution in [3.05, 3.63) is 59.2 Å². The van der Waals surface area contributed by atoms with Crippen LogP contribution in [0.1, 0.15) is 48.8 Å². The van der Waals surface area contributed by atoms with Crippen molar-refractivity contribution in [1.82, 2.24) is 4.90 Å². The molecule has 30 heavy (non-hydrogen) atoms. The van der Waals surface area contributed by atoms with Gasteiger partial charge in [0, 0.05) is 11.5 Å². The van der Waals surface area contributed by atoms with Crippen LogP contribution < -0.4 is 0 Å². The lowest BCUT2D eigenvalue weighted by molar-refractivity contribution is 0.00274. The number of hydrogen-bond donors (Lipinski definition) is 2. The highest BCUT2D eigenvalue weighted by molar-refractivity contribution is 7.85. The Morgan fingerprint density at radius 1 is 1.07 bits per heavy atom. The summed E-state index contributed by atoms with van der Waals surface area (Å²) in [5, 5.41) is 9.91. The van der Waals surface area contributed by atoms with E-state index in [-0.39, 0.29) is 4.90 Å². The average Bonchev–Trinajstić information content (AvgIpc) is 2.71. The molecule has 1 heterocycles. The van der Waals surface area contributed by atoms with Crippen LogP contribution in [0.2, 0.25) is 0 Å². The first-order valence-corrected chi connectivity index (χ1v) is 12.2. The number of benzene rings is 2. The number of likely N-dealkylation sites (tertiary alicyclic amines) is 1. The molecular weight excluding hydrogens is 398 g/mol. The van der Waals surface area contributed by atoms with Crippen molar-refractivity contribution in [2.75, 3.05) is 13.6 Å². The van der Waals surface area contributed by atoms with E-state index in [1.165, 1.54) is 68.3 Å². The lowest BCUT2D eigenvalue weighted by Crippen LogP contribution is -2.59. The van der Waals surface area contributed by atoms with Crippen molar-refractivity contribution in [2.24, 2.45) is 5.92 Å². The number of hydrogen-bond acceptors (Lipinski definition) is 4. The van der Waals surface area contributed by atoms with E-state index in [4.69, 9.17) is 4.55 Å². The molecule has 5 nitrogen and oxygen atoms in total. The van der Waals surface area contributed by atoms with E-state index in [9.17, 15) is 13.5 Å². The van der Waals surface area contributed by atoms with E-state index in [1.807, 2.05) is 13.0 Å². The van der Waals surface area contributed by atoms with E-state index in [0.29, 0.717) is 11.2 Å². The number of aromatic hydroxyl groups is 1.